The topological polar surface area (TPSA) is 66.5 Å². The normalized spacial score (nSPS) is 17.7. The maximum absolute atomic E-state index is 13.0. The van der Waals surface area contributed by atoms with Crippen molar-refractivity contribution < 1.29 is 13.2 Å². The Morgan fingerprint density at radius 3 is 2.57 bits per heavy atom. The molecule has 0 saturated carbocycles. The molecule has 0 unspecified atom stereocenters. The molecule has 1 aliphatic heterocycles. The summed E-state index contributed by atoms with van der Waals surface area (Å²) in [5.74, 6) is -0.447. The molecule has 5 nitrogen and oxygen atoms in total. The number of nitrogens with one attached hydrogen (secondary N) is 1. The lowest BCUT2D eigenvalue weighted by molar-refractivity contribution is -0.126. The summed E-state index contributed by atoms with van der Waals surface area (Å²) in [6.07, 6.45) is 1.36. The van der Waals surface area contributed by atoms with Gasteiger partial charge in [-0.3, -0.25) is 4.79 Å². The highest BCUT2D eigenvalue weighted by Crippen LogP contribution is 2.25. The predicted molar refractivity (Wildman–Crippen MR) is 121 cm³/mol. The quantitative estimate of drug-likeness (QED) is 0.583. The number of halogens is 1. The zero-order valence-corrected chi connectivity index (χ0v) is 18.8. The number of hydrogen-bond donors (Lipinski definition) is 1. The molecule has 0 bridgehead atoms. The maximum atomic E-state index is 13.0. The molecule has 0 aromatic heterocycles. The van der Waals surface area contributed by atoms with Gasteiger partial charge >= 0.3 is 0 Å². The van der Waals surface area contributed by atoms with Gasteiger partial charge < -0.3 is 5.32 Å². The molecular formula is C23H23BrN2O3S. The van der Waals surface area contributed by atoms with E-state index in [2.05, 4.69) is 21.2 Å². The van der Waals surface area contributed by atoms with Crippen LogP contribution in [-0.4, -0.2) is 31.7 Å². The van der Waals surface area contributed by atoms with Gasteiger partial charge in [0.05, 0.1) is 10.8 Å². The second-order valence-electron chi connectivity index (χ2n) is 7.51. The summed E-state index contributed by atoms with van der Waals surface area (Å²) in [6.45, 7) is 1.07. The van der Waals surface area contributed by atoms with Crippen LogP contribution in [0.5, 0.6) is 0 Å². The van der Waals surface area contributed by atoms with E-state index in [1.807, 2.05) is 42.5 Å². The highest BCUT2D eigenvalue weighted by molar-refractivity contribution is 9.10. The summed E-state index contributed by atoms with van der Waals surface area (Å²) in [4.78, 5) is 13.1. The average molecular weight is 487 g/mol. The molecule has 1 atom stereocenters. The van der Waals surface area contributed by atoms with Gasteiger partial charge in [0, 0.05) is 24.1 Å². The smallest absolute Gasteiger partial charge is 0.243 e. The first kappa shape index (κ1) is 21.0. The zero-order valence-electron chi connectivity index (χ0n) is 16.4. The molecule has 1 N–H and O–H groups in total. The second kappa shape index (κ2) is 8.88. The number of carbonyl (C=O) groups is 1. The number of benzene rings is 3. The Labute approximate surface area is 185 Å². The maximum Gasteiger partial charge on any atom is 0.243 e. The molecule has 3 aromatic carbocycles. The number of hydrogen-bond acceptors (Lipinski definition) is 3. The standard InChI is InChI=1S/C23H23BrN2O3S/c24-20-10-12-21(13-11-20)30(28,29)26-14-4-8-19(16-26)23(27)25-15-18-7-3-6-17-5-1-2-9-22(17)18/h1-3,5-7,9-13,19H,4,8,14-16H2,(H,25,27)/t19-/m0/s1. The molecule has 7 heteroatoms. The lowest BCUT2D eigenvalue weighted by atomic mass is 9.98. The van der Waals surface area contributed by atoms with Crippen LogP contribution in [0.25, 0.3) is 10.8 Å². The molecule has 30 heavy (non-hydrogen) atoms. The highest BCUT2D eigenvalue weighted by atomic mass is 79.9. The summed E-state index contributed by atoms with van der Waals surface area (Å²) >= 11 is 3.33. The van der Waals surface area contributed by atoms with E-state index in [9.17, 15) is 13.2 Å². The van der Waals surface area contributed by atoms with Gasteiger partial charge in [-0.1, -0.05) is 58.4 Å². The molecule has 1 aliphatic rings. The molecular weight excluding hydrogens is 464 g/mol. The van der Waals surface area contributed by atoms with E-state index in [0.717, 1.165) is 20.8 Å². The van der Waals surface area contributed by atoms with Gasteiger partial charge in [-0.2, -0.15) is 4.31 Å². The Morgan fingerprint density at radius 2 is 1.77 bits per heavy atom. The van der Waals surface area contributed by atoms with Gasteiger partial charge in [-0.15, -0.1) is 0 Å². The van der Waals surface area contributed by atoms with Gasteiger partial charge in [0.15, 0.2) is 0 Å². The van der Waals surface area contributed by atoms with Gasteiger partial charge in [0.1, 0.15) is 0 Å². The monoisotopic (exact) mass is 486 g/mol. The molecule has 3 aromatic rings. The van der Waals surface area contributed by atoms with Crippen molar-refractivity contribution in [2.45, 2.75) is 24.3 Å². The van der Waals surface area contributed by atoms with E-state index < -0.39 is 10.0 Å². The number of rotatable bonds is 5. The fourth-order valence-corrected chi connectivity index (χ4v) is 5.69. The minimum atomic E-state index is -3.61. The van der Waals surface area contributed by atoms with Gasteiger partial charge in [0.2, 0.25) is 15.9 Å². The van der Waals surface area contributed by atoms with Crippen molar-refractivity contribution in [2.24, 2.45) is 5.92 Å². The van der Waals surface area contributed by atoms with E-state index in [0.29, 0.717) is 25.9 Å². The van der Waals surface area contributed by atoms with Crippen LogP contribution in [0.15, 0.2) is 76.1 Å². The van der Waals surface area contributed by atoms with Crippen molar-refractivity contribution in [1.82, 2.24) is 9.62 Å². The van der Waals surface area contributed by atoms with Crippen LogP contribution in [0.2, 0.25) is 0 Å². The third-order valence-corrected chi connectivity index (χ3v) is 7.95. The summed E-state index contributed by atoms with van der Waals surface area (Å²) < 4.78 is 28.2. The Bertz CT molecular complexity index is 1160. The molecule has 1 amide bonds. The minimum absolute atomic E-state index is 0.0985. The van der Waals surface area contributed by atoms with Crippen LogP contribution in [0.1, 0.15) is 18.4 Å². The molecule has 4 rings (SSSR count). The number of piperidine rings is 1. The lowest BCUT2D eigenvalue weighted by Crippen LogP contribution is -2.45. The fraction of sp³-hybridized carbons (Fsp3) is 0.261. The molecule has 0 spiro atoms. The van der Waals surface area contributed by atoms with E-state index in [1.54, 1.807) is 24.3 Å². The molecule has 0 aliphatic carbocycles. The van der Waals surface area contributed by atoms with Crippen LogP contribution >= 0.6 is 15.9 Å². The minimum Gasteiger partial charge on any atom is -0.352 e. The molecule has 1 heterocycles. The molecule has 1 saturated heterocycles. The summed E-state index contributed by atoms with van der Waals surface area (Å²) in [5.41, 5.74) is 1.05. The molecule has 156 valence electrons. The average Bonchev–Trinajstić information content (AvgIpc) is 2.78. The second-order valence-corrected chi connectivity index (χ2v) is 10.4. The number of nitrogens with zero attached hydrogens (tertiary/aromatic N) is 1. The first-order valence-corrected chi connectivity index (χ1v) is 12.2. The third kappa shape index (κ3) is 4.43. The van der Waals surface area contributed by atoms with Crippen LogP contribution < -0.4 is 5.32 Å². The van der Waals surface area contributed by atoms with E-state index in [4.69, 9.17) is 0 Å². The Balaban J connectivity index is 1.44. The lowest BCUT2D eigenvalue weighted by Gasteiger charge is -2.31. The first-order chi connectivity index (χ1) is 14.4. The van der Waals surface area contributed by atoms with E-state index in [-0.39, 0.29) is 23.3 Å². The van der Waals surface area contributed by atoms with Crippen molar-refractivity contribution in [3.63, 3.8) is 0 Å². The SMILES string of the molecule is O=C(NCc1cccc2ccccc12)[C@H]1CCCN(S(=O)(=O)c2ccc(Br)cc2)C1. The van der Waals surface area contributed by atoms with E-state index >= 15 is 0 Å². The van der Waals surface area contributed by atoms with Crippen molar-refractivity contribution in [1.29, 1.82) is 0 Å². The predicted octanol–water partition coefficient (Wildman–Crippen LogP) is 4.32. The number of fused-ring (bicyclic) bond motifs is 1. The summed E-state index contributed by atoms with van der Waals surface area (Å²) in [6, 6.07) is 20.7. The van der Waals surface area contributed by atoms with Crippen molar-refractivity contribution in [3.8, 4) is 0 Å². The fourth-order valence-electron chi connectivity index (χ4n) is 3.90. The van der Waals surface area contributed by atoms with Crippen LogP contribution in [-0.2, 0) is 21.4 Å². The summed E-state index contributed by atoms with van der Waals surface area (Å²) in [5, 5.41) is 5.26. The van der Waals surface area contributed by atoms with Gasteiger partial charge in [0.25, 0.3) is 0 Å². The highest BCUT2D eigenvalue weighted by Gasteiger charge is 2.33. The first-order valence-electron chi connectivity index (χ1n) is 9.95. The number of carbonyl (C=O) groups excluding carboxylic acids is 1. The summed E-state index contributed by atoms with van der Waals surface area (Å²) in [7, 11) is -3.61. The number of amides is 1. The van der Waals surface area contributed by atoms with E-state index in [1.165, 1.54) is 4.31 Å². The largest absolute Gasteiger partial charge is 0.352 e. The Hall–Kier alpha value is -2.22. The van der Waals surface area contributed by atoms with Crippen LogP contribution in [0.3, 0.4) is 0 Å². The van der Waals surface area contributed by atoms with Crippen molar-refractivity contribution in [2.75, 3.05) is 13.1 Å². The molecule has 1 fully saturated rings. The Kier molecular flexibility index (Phi) is 6.22. The van der Waals surface area contributed by atoms with Crippen molar-refractivity contribution in [3.05, 3.63) is 76.8 Å². The van der Waals surface area contributed by atoms with Gasteiger partial charge in [-0.25, -0.2) is 8.42 Å². The van der Waals surface area contributed by atoms with Crippen LogP contribution in [0.4, 0.5) is 0 Å². The Morgan fingerprint density at radius 1 is 1.03 bits per heavy atom. The van der Waals surface area contributed by atoms with Crippen molar-refractivity contribution >= 4 is 42.6 Å². The van der Waals surface area contributed by atoms with Gasteiger partial charge in [-0.05, 0) is 53.4 Å². The third-order valence-electron chi connectivity index (χ3n) is 5.54. The van der Waals surface area contributed by atoms with Crippen LogP contribution in [0, 0.1) is 5.92 Å². The zero-order chi connectivity index (χ0) is 21.1. The number of sulfonamides is 1. The molecule has 0 radical (unpaired) electrons.